The van der Waals surface area contributed by atoms with Gasteiger partial charge in [-0.3, -0.25) is 24.3 Å². The van der Waals surface area contributed by atoms with Gasteiger partial charge in [-0.15, -0.1) is 0 Å². The quantitative estimate of drug-likeness (QED) is 0.594. The van der Waals surface area contributed by atoms with Crippen molar-refractivity contribution in [2.24, 2.45) is 0 Å². The molecule has 2 aliphatic heterocycles. The van der Waals surface area contributed by atoms with Crippen molar-refractivity contribution in [2.45, 2.75) is 38.1 Å². The monoisotopic (exact) mass is 432 g/mol. The number of aryl methyl sites for hydroxylation is 1. The average Bonchev–Trinajstić information content (AvgIpc) is 3.43. The Balaban J connectivity index is 1.43. The van der Waals surface area contributed by atoms with Crippen LogP contribution in [0.3, 0.4) is 0 Å². The molecule has 0 N–H and O–H groups in total. The van der Waals surface area contributed by atoms with E-state index in [-0.39, 0.29) is 11.8 Å². The van der Waals surface area contributed by atoms with Gasteiger partial charge >= 0.3 is 0 Å². The minimum absolute atomic E-state index is 0.0566. The molecule has 8 nitrogen and oxygen atoms in total. The molecule has 2 unspecified atom stereocenters. The number of hydrogen-bond acceptors (Lipinski definition) is 6. The van der Waals surface area contributed by atoms with Crippen LogP contribution in [-0.2, 0) is 29.2 Å². The summed E-state index contributed by atoms with van der Waals surface area (Å²) in [5, 5.41) is 4.40. The number of morpholine rings is 1. The fourth-order valence-corrected chi connectivity index (χ4v) is 4.90. The van der Waals surface area contributed by atoms with Gasteiger partial charge < -0.3 is 9.64 Å². The van der Waals surface area contributed by atoms with E-state index in [1.165, 1.54) is 0 Å². The van der Waals surface area contributed by atoms with Gasteiger partial charge in [-0.25, -0.2) is 0 Å². The van der Waals surface area contributed by atoms with Crippen molar-refractivity contribution >= 4 is 5.91 Å². The van der Waals surface area contributed by atoms with E-state index in [1.54, 1.807) is 18.6 Å². The number of hydrogen-bond donors (Lipinski definition) is 0. The molecule has 0 bridgehead atoms. The zero-order valence-electron chi connectivity index (χ0n) is 18.3. The van der Waals surface area contributed by atoms with Gasteiger partial charge in [0, 0.05) is 81.7 Å². The summed E-state index contributed by atoms with van der Waals surface area (Å²) in [6.45, 7) is 6.61. The fraction of sp³-hybridized carbons (Fsp3) is 0.417. The molecule has 0 saturated carbocycles. The third-order valence-corrected chi connectivity index (χ3v) is 6.46. The summed E-state index contributed by atoms with van der Waals surface area (Å²) in [6, 6.07) is 7.90. The normalized spacial score (nSPS) is 23.8. The number of likely N-dealkylation sites (tertiary alicyclic amines) is 1. The predicted molar refractivity (Wildman–Crippen MR) is 118 cm³/mol. The lowest BCUT2D eigenvalue weighted by molar-refractivity contribution is -0.173. The Kier molecular flexibility index (Phi) is 5.71. The van der Waals surface area contributed by atoms with E-state index in [1.807, 2.05) is 40.2 Å². The molecular formula is C24H28N6O2. The number of pyridine rings is 2. The van der Waals surface area contributed by atoms with Crippen molar-refractivity contribution in [3.63, 3.8) is 0 Å². The van der Waals surface area contributed by atoms with Gasteiger partial charge in [-0.2, -0.15) is 5.10 Å². The smallest absolute Gasteiger partial charge is 0.257 e. The molecule has 5 heterocycles. The van der Waals surface area contributed by atoms with Crippen molar-refractivity contribution in [3.05, 3.63) is 78.1 Å². The van der Waals surface area contributed by atoms with Gasteiger partial charge in [0.25, 0.3) is 5.91 Å². The van der Waals surface area contributed by atoms with Crippen LogP contribution in [0.4, 0.5) is 0 Å². The second-order valence-corrected chi connectivity index (χ2v) is 8.53. The van der Waals surface area contributed by atoms with Gasteiger partial charge in [-0.05, 0) is 36.2 Å². The minimum Gasteiger partial charge on any atom is -0.361 e. The van der Waals surface area contributed by atoms with Crippen LogP contribution in [0.1, 0.15) is 29.5 Å². The third-order valence-electron chi connectivity index (χ3n) is 6.46. The topological polar surface area (TPSA) is 76.4 Å². The van der Waals surface area contributed by atoms with Crippen LogP contribution >= 0.6 is 0 Å². The summed E-state index contributed by atoms with van der Waals surface area (Å²) in [5.74, 6) is -0.0219. The van der Waals surface area contributed by atoms with E-state index < -0.39 is 5.60 Å². The van der Waals surface area contributed by atoms with E-state index in [2.05, 4.69) is 39.2 Å². The van der Waals surface area contributed by atoms with Crippen LogP contribution in [0.15, 0.2) is 61.4 Å². The van der Waals surface area contributed by atoms with Gasteiger partial charge in [0.2, 0.25) is 0 Å². The number of amides is 1. The van der Waals surface area contributed by atoms with Crippen LogP contribution < -0.4 is 0 Å². The number of carbonyl (C=O) groups is 1. The van der Waals surface area contributed by atoms with Crippen molar-refractivity contribution < 1.29 is 9.53 Å². The molecule has 2 saturated heterocycles. The maximum absolute atomic E-state index is 13.9. The lowest BCUT2D eigenvalue weighted by Crippen LogP contribution is -2.59. The Hall–Kier alpha value is -3.10. The largest absolute Gasteiger partial charge is 0.361 e. The zero-order valence-corrected chi connectivity index (χ0v) is 18.3. The van der Waals surface area contributed by atoms with Gasteiger partial charge in [0.1, 0.15) is 0 Å². The maximum Gasteiger partial charge on any atom is 0.257 e. The molecule has 3 aromatic rings. The number of ether oxygens (including phenoxy) is 1. The van der Waals surface area contributed by atoms with Crippen molar-refractivity contribution in [1.82, 2.24) is 29.5 Å². The zero-order chi connectivity index (χ0) is 22.0. The molecule has 2 fully saturated rings. The minimum atomic E-state index is -0.908. The van der Waals surface area contributed by atoms with Gasteiger partial charge in [0.05, 0.1) is 12.8 Å². The van der Waals surface area contributed by atoms with E-state index >= 15 is 0 Å². The van der Waals surface area contributed by atoms with Crippen LogP contribution in [0, 0.1) is 0 Å². The number of aromatic nitrogens is 4. The Bertz CT molecular complexity index is 1060. The average molecular weight is 433 g/mol. The van der Waals surface area contributed by atoms with Crippen molar-refractivity contribution in [3.8, 4) is 0 Å². The second kappa shape index (κ2) is 8.80. The molecule has 1 amide bonds. The van der Waals surface area contributed by atoms with E-state index in [4.69, 9.17) is 4.74 Å². The molecule has 0 aliphatic carbocycles. The number of carbonyl (C=O) groups excluding carboxylic acids is 1. The molecular weight excluding hydrogens is 404 g/mol. The number of rotatable bonds is 6. The maximum atomic E-state index is 13.9. The second-order valence-electron chi connectivity index (χ2n) is 8.53. The third kappa shape index (κ3) is 3.91. The molecule has 8 heteroatoms. The lowest BCUT2D eigenvalue weighted by atomic mass is 9.83. The molecule has 2 aliphatic rings. The number of nitrogens with zero attached hydrogens (tertiary/aromatic N) is 6. The summed E-state index contributed by atoms with van der Waals surface area (Å²) in [5.41, 5.74) is 2.35. The highest BCUT2D eigenvalue weighted by molar-refractivity contribution is 5.88. The highest BCUT2D eigenvalue weighted by Gasteiger charge is 2.57. The Labute approximate surface area is 187 Å². The lowest BCUT2D eigenvalue weighted by Gasteiger charge is -2.42. The van der Waals surface area contributed by atoms with Crippen LogP contribution in [0.2, 0.25) is 0 Å². The van der Waals surface area contributed by atoms with Crippen LogP contribution in [-0.4, -0.2) is 67.3 Å². The molecule has 2 atom stereocenters. The fourth-order valence-electron chi connectivity index (χ4n) is 4.90. The van der Waals surface area contributed by atoms with Crippen LogP contribution in [0.5, 0.6) is 0 Å². The molecule has 166 valence electrons. The van der Waals surface area contributed by atoms with Gasteiger partial charge in [-0.1, -0.05) is 6.07 Å². The molecule has 3 aromatic heterocycles. The van der Waals surface area contributed by atoms with Gasteiger partial charge in [0.15, 0.2) is 5.60 Å². The molecule has 32 heavy (non-hydrogen) atoms. The van der Waals surface area contributed by atoms with Crippen molar-refractivity contribution in [2.75, 3.05) is 26.2 Å². The molecule has 1 spiro atoms. The first-order chi connectivity index (χ1) is 15.7. The first-order valence-corrected chi connectivity index (χ1v) is 11.1. The SMILES string of the molecule is CCn1cc(CN2CC(c3cccnc3)C3(C2)OCCN(Cc2ccncc2)C3=O)cn1. The highest BCUT2D eigenvalue weighted by Crippen LogP contribution is 2.42. The predicted octanol–water partition coefficient (Wildman–Crippen LogP) is 2.09. The molecule has 0 aromatic carbocycles. The van der Waals surface area contributed by atoms with E-state index in [0.29, 0.717) is 26.2 Å². The Morgan fingerprint density at radius 1 is 1.09 bits per heavy atom. The Morgan fingerprint density at radius 3 is 2.72 bits per heavy atom. The summed E-state index contributed by atoms with van der Waals surface area (Å²) in [7, 11) is 0. The first-order valence-electron chi connectivity index (χ1n) is 11.1. The standard InChI is InChI=1S/C24H28N6O2/c1-2-30-16-20(12-27-30)14-28-17-22(21-4-3-7-26-13-21)24(18-28)23(31)29(10-11-32-24)15-19-5-8-25-9-6-19/h3-9,12-13,16,22H,2,10-11,14-15,17-18H2,1H3. The summed E-state index contributed by atoms with van der Waals surface area (Å²) >= 11 is 0. The summed E-state index contributed by atoms with van der Waals surface area (Å²) in [4.78, 5) is 26.6. The van der Waals surface area contributed by atoms with E-state index in [9.17, 15) is 4.79 Å². The summed E-state index contributed by atoms with van der Waals surface area (Å²) in [6.07, 6.45) is 11.1. The summed E-state index contributed by atoms with van der Waals surface area (Å²) < 4.78 is 8.30. The first kappa shape index (κ1) is 20.8. The van der Waals surface area contributed by atoms with E-state index in [0.717, 1.165) is 36.3 Å². The highest BCUT2D eigenvalue weighted by atomic mass is 16.5. The van der Waals surface area contributed by atoms with Crippen LogP contribution in [0.25, 0.3) is 0 Å². The molecule has 0 radical (unpaired) electrons. The Morgan fingerprint density at radius 2 is 1.97 bits per heavy atom. The van der Waals surface area contributed by atoms with Crippen molar-refractivity contribution in [1.29, 1.82) is 0 Å². The molecule has 5 rings (SSSR count).